The van der Waals surface area contributed by atoms with Gasteiger partial charge in [-0.2, -0.15) is 0 Å². The van der Waals surface area contributed by atoms with Crippen LogP contribution in [0.25, 0.3) is 0 Å². The molecule has 1 rings (SSSR count). The van der Waals surface area contributed by atoms with E-state index in [4.69, 9.17) is 5.73 Å². The van der Waals surface area contributed by atoms with Crippen molar-refractivity contribution >= 4 is 5.91 Å². The van der Waals surface area contributed by atoms with Crippen LogP contribution in [0, 0.1) is 0 Å². The molecule has 0 heterocycles. The highest BCUT2D eigenvalue weighted by Gasteiger charge is 2.11. The summed E-state index contributed by atoms with van der Waals surface area (Å²) in [5.41, 5.74) is 6.81. The van der Waals surface area contributed by atoms with Gasteiger partial charge in [0, 0.05) is 13.0 Å². The monoisotopic (exact) mass is 262 g/mol. The second-order valence-electron chi connectivity index (χ2n) is 4.93. The van der Waals surface area contributed by atoms with Crippen LogP contribution in [0.15, 0.2) is 30.3 Å². The number of carbonyl (C=O) groups is 1. The van der Waals surface area contributed by atoms with Gasteiger partial charge in [0.15, 0.2) is 0 Å². The molecule has 0 aromatic heterocycles. The van der Waals surface area contributed by atoms with Gasteiger partial charge >= 0.3 is 0 Å². The molecule has 0 aliphatic heterocycles. The van der Waals surface area contributed by atoms with Crippen LogP contribution in [-0.4, -0.2) is 12.5 Å². The summed E-state index contributed by atoms with van der Waals surface area (Å²) in [5, 5.41) is 3.01. The molecule has 0 bridgehead atoms. The smallest absolute Gasteiger partial charge is 0.220 e. The number of amides is 1. The molecule has 0 saturated heterocycles. The normalized spacial score (nSPS) is 12.1. The van der Waals surface area contributed by atoms with E-state index in [1.807, 2.05) is 30.3 Å². The number of unbranched alkanes of at least 4 members (excludes halogenated alkanes) is 4. The first-order chi connectivity index (χ1) is 9.27. The first kappa shape index (κ1) is 15.7. The van der Waals surface area contributed by atoms with Crippen molar-refractivity contribution in [1.29, 1.82) is 0 Å². The summed E-state index contributed by atoms with van der Waals surface area (Å²) in [4.78, 5) is 11.9. The number of carbonyl (C=O) groups excluding carboxylic acids is 1. The molecule has 0 fully saturated rings. The van der Waals surface area contributed by atoms with E-state index >= 15 is 0 Å². The molecule has 1 atom stereocenters. The van der Waals surface area contributed by atoms with E-state index in [9.17, 15) is 4.79 Å². The van der Waals surface area contributed by atoms with Crippen LogP contribution < -0.4 is 11.1 Å². The van der Waals surface area contributed by atoms with Gasteiger partial charge < -0.3 is 11.1 Å². The van der Waals surface area contributed by atoms with Crippen molar-refractivity contribution in [2.45, 2.75) is 51.5 Å². The molecular formula is C16H26N2O. The van der Waals surface area contributed by atoms with Crippen molar-refractivity contribution < 1.29 is 4.79 Å². The third-order valence-electron chi connectivity index (χ3n) is 3.28. The molecule has 3 N–H and O–H groups in total. The third-order valence-corrected chi connectivity index (χ3v) is 3.28. The number of hydrogen-bond donors (Lipinski definition) is 2. The summed E-state index contributed by atoms with van der Waals surface area (Å²) in [6, 6.07) is 9.83. The van der Waals surface area contributed by atoms with Gasteiger partial charge in [-0.1, -0.05) is 62.9 Å². The van der Waals surface area contributed by atoms with Crippen LogP contribution in [-0.2, 0) is 4.79 Å². The van der Waals surface area contributed by atoms with Crippen LogP contribution in [0.4, 0.5) is 0 Å². The van der Waals surface area contributed by atoms with E-state index in [2.05, 4.69) is 12.2 Å². The maximum atomic E-state index is 11.9. The molecule has 19 heavy (non-hydrogen) atoms. The number of nitrogens with one attached hydrogen (secondary N) is 1. The lowest BCUT2D eigenvalue weighted by atomic mass is 10.1. The predicted octanol–water partition coefficient (Wildman–Crippen LogP) is 3.16. The fraction of sp³-hybridized carbons (Fsp3) is 0.562. The Kier molecular flexibility index (Phi) is 7.91. The molecule has 1 amide bonds. The second-order valence-corrected chi connectivity index (χ2v) is 4.93. The Morgan fingerprint density at radius 2 is 1.84 bits per heavy atom. The number of benzene rings is 1. The Morgan fingerprint density at radius 1 is 1.16 bits per heavy atom. The van der Waals surface area contributed by atoms with Gasteiger partial charge in [-0.15, -0.1) is 0 Å². The minimum atomic E-state index is -0.0654. The molecule has 0 saturated carbocycles. The largest absolute Gasteiger partial charge is 0.348 e. The Balaban J connectivity index is 2.30. The molecule has 106 valence electrons. The van der Waals surface area contributed by atoms with Crippen LogP contribution in [0.2, 0.25) is 0 Å². The van der Waals surface area contributed by atoms with Gasteiger partial charge in [0.05, 0.1) is 6.04 Å². The SMILES string of the molecule is CCCCCCCC(=O)NC(CN)c1ccccc1. The maximum Gasteiger partial charge on any atom is 0.220 e. The molecular weight excluding hydrogens is 236 g/mol. The zero-order valence-electron chi connectivity index (χ0n) is 11.9. The zero-order chi connectivity index (χ0) is 13.9. The molecule has 0 aliphatic carbocycles. The highest BCUT2D eigenvalue weighted by atomic mass is 16.1. The molecule has 3 nitrogen and oxygen atoms in total. The van der Waals surface area contributed by atoms with Gasteiger partial charge in [0.1, 0.15) is 0 Å². The Morgan fingerprint density at radius 3 is 2.47 bits per heavy atom. The summed E-state index contributed by atoms with van der Waals surface area (Å²) < 4.78 is 0. The summed E-state index contributed by atoms with van der Waals surface area (Å²) >= 11 is 0. The number of nitrogens with two attached hydrogens (primary N) is 1. The molecule has 1 aromatic carbocycles. The van der Waals surface area contributed by atoms with Crippen molar-refractivity contribution in [3.8, 4) is 0 Å². The quantitative estimate of drug-likeness (QED) is 0.672. The topological polar surface area (TPSA) is 55.1 Å². The fourth-order valence-corrected chi connectivity index (χ4v) is 2.12. The molecule has 3 heteroatoms. The first-order valence-corrected chi connectivity index (χ1v) is 7.32. The number of rotatable bonds is 9. The van der Waals surface area contributed by atoms with E-state index in [0.29, 0.717) is 13.0 Å². The lowest BCUT2D eigenvalue weighted by Crippen LogP contribution is -2.33. The van der Waals surface area contributed by atoms with Crippen molar-refractivity contribution in [3.63, 3.8) is 0 Å². The van der Waals surface area contributed by atoms with Gasteiger partial charge in [0.25, 0.3) is 0 Å². The van der Waals surface area contributed by atoms with Crippen LogP contribution in [0.5, 0.6) is 0 Å². The molecule has 0 spiro atoms. The lowest BCUT2D eigenvalue weighted by molar-refractivity contribution is -0.121. The summed E-state index contributed by atoms with van der Waals surface area (Å²) in [6.07, 6.45) is 6.43. The molecule has 1 aromatic rings. The summed E-state index contributed by atoms with van der Waals surface area (Å²) in [6.45, 7) is 2.63. The van der Waals surface area contributed by atoms with E-state index in [1.54, 1.807) is 0 Å². The van der Waals surface area contributed by atoms with Crippen molar-refractivity contribution in [2.24, 2.45) is 5.73 Å². The van der Waals surface area contributed by atoms with Crippen molar-refractivity contribution in [2.75, 3.05) is 6.54 Å². The van der Waals surface area contributed by atoms with Crippen molar-refractivity contribution in [3.05, 3.63) is 35.9 Å². The van der Waals surface area contributed by atoms with Crippen LogP contribution >= 0.6 is 0 Å². The first-order valence-electron chi connectivity index (χ1n) is 7.32. The Bertz CT molecular complexity index is 351. The standard InChI is InChI=1S/C16H26N2O/c1-2-3-4-5-9-12-16(19)18-15(13-17)14-10-7-6-8-11-14/h6-8,10-11,15H,2-5,9,12-13,17H2,1H3,(H,18,19). The highest BCUT2D eigenvalue weighted by Crippen LogP contribution is 2.12. The van der Waals surface area contributed by atoms with E-state index < -0.39 is 0 Å². The molecule has 0 aliphatic rings. The van der Waals surface area contributed by atoms with E-state index in [0.717, 1.165) is 18.4 Å². The lowest BCUT2D eigenvalue weighted by Gasteiger charge is -2.17. The minimum absolute atomic E-state index is 0.0654. The Hall–Kier alpha value is -1.35. The molecule has 0 radical (unpaired) electrons. The summed E-state index contributed by atoms with van der Waals surface area (Å²) in [5.74, 6) is 0.107. The minimum Gasteiger partial charge on any atom is -0.348 e. The van der Waals surface area contributed by atoms with Crippen LogP contribution in [0.3, 0.4) is 0 Å². The zero-order valence-corrected chi connectivity index (χ0v) is 11.9. The fourth-order valence-electron chi connectivity index (χ4n) is 2.12. The Labute approximate surface area is 116 Å². The second kappa shape index (κ2) is 9.56. The third kappa shape index (κ3) is 6.39. The predicted molar refractivity (Wildman–Crippen MR) is 79.8 cm³/mol. The average molecular weight is 262 g/mol. The van der Waals surface area contributed by atoms with E-state index in [1.165, 1.54) is 19.3 Å². The average Bonchev–Trinajstić information content (AvgIpc) is 2.45. The highest BCUT2D eigenvalue weighted by molar-refractivity contribution is 5.76. The summed E-state index contributed by atoms with van der Waals surface area (Å²) in [7, 11) is 0. The number of hydrogen-bond acceptors (Lipinski definition) is 2. The van der Waals surface area contributed by atoms with Gasteiger partial charge in [0.2, 0.25) is 5.91 Å². The van der Waals surface area contributed by atoms with E-state index in [-0.39, 0.29) is 11.9 Å². The van der Waals surface area contributed by atoms with Gasteiger partial charge in [-0.05, 0) is 12.0 Å². The van der Waals surface area contributed by atoms with Crippen LogP contribution in [0.1, 0.15) is 57.1 Å². The van der Waals surface area contributed by atoms with Crippen molar-refractivity contribution in [1.82, 2.24) is 5.32 Å². The van der Waals surface area contributed by atoms with Gasteiger partial charge in [-0.3, -0.25) is 4.79 Å². The molecule has 1 unspecified atom stereocenters. The van der Waals surface area contributed by atoms with Gasteiger partial charge in [-0.25, -0.2) is 0 Å². The maximum absolute atomic E-state index is 11.9.